The van der Waals surface area contributed by atoms with Crippen LogP contribution in [0.4, 0.5) is 15.9 Å². The summed E-state index contributed by atoms with van der Waals surface area (Å²) < 4.78 is 14.8. The van der Waals surface area contributed by atoms with E-state index in [1.54, 1.807) is 13.1 Å². The molecule has 0 saturated heterocycles. The van der Waals surface area contributed by atoms with E-state index in [0.717, 1.165) is 12.1 Å². The summed E-state index contributed by atoms with van der Waals surface area (Å²) in [6, 6.07) is 5.18. The number of nitrogens with two attached hydrogens (primary N) is 1. The number of hydrogen-bond donors (Lipinski definition) is 1. The van der Waals surface area contributed by atoms with Gasteiger partial charge in [-0.3, -0.25) is 14.8 Å². The van der Waals surface area contributed by atoms with Crippen molar-refractivity contribution in [3.05, 3.63) is 40.2 Å². The summed E-state index contributed by atoms with van der Waals surface area (Å²) in [4.78, 5) is 9.68. The minimum absolute atomic E-state index is 0.429. The molecule has 17 heavy (non-hydrogen) atoms. The predicted molar refractivity (Wildman–Crippen MR) is 59.7 cm³/mol. The van der Waals surface area contributed by atoms with Crippen LogP contribution in [0, 0.1) is 15.9 Å². The van der Waals surface area contributed by atoms with Gasteiger partial charge in [0.15, 0.2) is 0 Å². The Bertz CT molecular complexity index is 574. The van der Waals surface area contributed by atoms with Gasteiger partial charge in [0, 0.05) is 24.7 Å². The van der Waals surface area contributed by atoms with Crippen LogP contribution in [0.1, 0.15) is 0 Å². The first-order valence-electron chi connectivity index (χ1n) is 4.73. The maximum absolute atomic E-state index is 13.4. The molecular weight excluding hydrogens is 227 g/mol. The Kier molecular flexibility index (Phi) is 2.51. The zero-order chi connectivity index (χ0) is 12.6. The predicted octanol–water partition coefficient (Wildman–Crippen LogP) is 1.72. The van der Waals surface area contributed by atoms with Gasteiger partial charge in [-0.25, -0.2) is 0 Å². The molecule has 0 saturated carbocycles. The van der Waals surface area contributed by atoms with Gasteiger partial charge in [0.05, 0.1) is 10.6 Å². The van der Waals surface area contributed by atoms with Crippen molar-refractivity contribution >= 4 is 11.5 Å². The summed E-state index contributed by atoms with van der Waals surface area (Å²) >= 11 is 0. The Morgan fingerprint density at radius 1 is 1.47 bits per heavy atom. The third-order valence-corrected chi connectivity index (χ3v) is 2.36. The number of benzene rings is 1. The molecule has 2 N–H and O–H groups in total. The van der Waals surface area contributed by atoms with Gasteiger partial charge in [-0.1, -0.05) is 0 Å². The molecule has 1 aromatic heterocycles. The third-order valence-electron chi connectivity index (χ3n) is 2.36. The van der Waals surface area contributed by atoms with Crippen LogP contribution in [-0.4, -0.2) is 14.7 Å². The van der Waals surface area contributed by atoms with Crippen LogP contribution in [0.3, 0.4) is 0 Å². The van der Waals surface area contributed by atoms with Crippen LogP contribution in [0.2, 0.25) is 0 Å². The second kappa shape index (κ2) is 3.85. The average molecular weight is 236 g/mol. The number of rotatable bonds is 2. The fraction of sp³-hybridized carbons (Fsp3) is 0.100. The Hall–Kier alpha value is -2.44. The molecule has 0 radical (unpaired) electrons. The van der Waals surface area contributed by atoms with E-state index in [2.05, 4.69) is 5.10 Å². The van der Waals surface area contributed by atoms with Crippen LogP contribution in [0.25, 0.3) is 11.3 Å². The van der Waals surface area contributed by atoms with E-state index in [-0.39, 0.29) is 0 Å². The molecule has 0 spiro atoms. The monoisotopic (exact) mass is 236 g/mol. The van der Waals surface area contributed by atoms with Crippen molar-refractivity contribution in [2.45, 2.75) is 0 Å². The van der Waals surface area contributed by atoms with Crippen molar-refractivity contribution in [2.75, 3.05) is 5.73 Å². The van der Waals surface area contributed by atoms with Gasteiger partial charge in [-0.05, 0) is 12.1 Å². The molecule has 0 amide bonds. The molecule has 88 valence electrons. The van der Waals surface area contributed by atoms with Crippen molar-refractivity contribution in [2.24, 2.45) is 7.05 Å². The number of nitro benzene ring substituents is 1. The van der Waals surface area contributed by atoms with Crippen LogP contribution < -0.4 is 5.73 Å². The Morgan fingerprint density at radius 2 is 2.18 bits per heavy atom. The van der Waals surface area contributed by atoms with Crippen molar-refractivity contribution in [1.82, 2.24) is 9.78 Å². The first kappa shape index (κ1) is 11.1. The number of hydrogen-bond acceptors (Lipinski definition) is 4. The minimum Gasteiger partial charge on any atom is -0.384 e. The van der Waals surface area contributed by atoms with E-state index >= 15 is 0 Å². The fourth-order valence-electron chi connectivity index (χ4n) is 1.44. The van der Waals surface area contributed by atoms with Crippen molar-refractivity contribution in [3.63, 3.8) is 0 Å². The minimum atomic E-state index is -0.892. The summed E-state index contributed by atoms with van der Waals surface area (Å²) in [6.45, 7) is 0. The lowest BCUT2D eigenvalue weighted by atomic mass is 10.1. The van der Waals surface area contributed by atoms with Gasteiger partial charge < -0.3 is 5.73 Å². The van der Waals surface area contributed by atoms with Gasteiger partial charge in [0.25, 0.3) is 0 Å². The molecule has 0 aliphatic heterocycles. The standard InChI is InChI=1S/C10H9FN4O2/c1-14-10(12)5-8(13-14)6-2-3-9(15(16)17)7(11)4-6/h2-5H,12H2,1H3. The maximum Gasteiger partial charge on any atom is 0.304 e. The SMILES string of the molecule is Cn1nc(-c2ccc([N+](=O)[O-])c(F)c2)cc1N. The summed E-state index contributed by atoms with van der Waals surface area (Å²) in [5.41, 5.74) is 5.95. The molecule has 0 aliphatic carbocycles. The molecule has 1 heterocycles. The zero-order valence-corrected chi connectivity index (χ0v) is 8.92. The lowest BCUT2D eigenvalue weighted by Crippen LogP contribution is -1.96. The number of nitro groups is 1. The first-order chi connectivity index (χ1) is 7.99. The summed E-state index contributed by atoms with van der Waals surface area (Å²) in [5, 5.41) is 14.5. The second-order valence-corrected chi connectivity index (χ2v) is 3.50. The zero-order valence-electron chi connectivity index (χ0n) is 8.92. The van der Waals surface area contributed by atoms with Crippen LogP contribution in [0.5, 0.6) is 0 Å². The molecule has 0 aliphatic rings. The van der Waals surface area contributed by atoms with E-state index < -0.39 is 16.4 Å². The molecular formula is C10H9FN4O2. The maximum atomic E-state index is 13.4. The second-order valence-electron chi connectivity index (χ2n) is 3.50. The van der Waals surface area contributed by atoms with Crippen LogP contribution in [-0.2, 0) is 7.05 Å². The van der Waals surface area contributed by atoms with E-state index in [1.165, 1.54) is 10.7 Å². The molecule has 0 atom stereocenters. The highest BCUT2D eigenvalue weighted by atomic mass is 19.1. The topological polar surface area (TPSA) is 87.0 Å². The average Bonchev–Trinajstić information content (AvgIpc) is 2.58. The Morgan fingerprint density at radius 3 is 2.65 bits per heavy atom. The summed E-state index contributed by atoms with van der Waals surface area (Å²) in [5.74, 6) is -0.463. The molecule has 7 heteroatoms. The van der Waals surface area contributed by atoms with E-state index in [4.69, 9.17) is 5.73 Å². The molecule has 2 aromatic rings. The summed E-state index contributed by atoms with van der Waals surface area (Å²) in [6.07, 6.45) is 0. The fourth-order valence-corrected chi connectivity index (χ4v) is 1.44. The largest absolute Gasteiger partial charge is 0.384 e. The van der Waals surface area contributed by atoms with Crippen molar-refractivity contribution < 1.29 is 9.31 Å². The van der Waals surface area contributed by atoms with Crippen molar-refractivity contribution in [3.8, 4) is 11.3 Å². The number of anilines is 1. The lowest BCUT2D eigenvalue weighted by molar-refractivity contribution is -0.387. The van der Waals surface area contributed by atoms with E-state index in [1.807, 2.05) is 0 Å². The Labute approximate surface area is 95.6 Å². The quantitative estimate of drug-likeness (QED) is 0.635. The third kappa shape index (κ3) is 1.94. The number of nitrogen functional groups attached to an aromatic ring is 1. The summed E-state index contributed by atoms with van der Waals surface area (Å²) in [7, 11) is 1.65. The van der Waals surface area contributed by atoms with Crippen LogP contribution >= 0.6 is 0 Å². The number of aryl methyl sites for hydroxylation is 1. The molecule has 1 aromatic carbocycles. The highest BCUT2D eigenvalue weighted by Gasteiger charge is 2.15. The van der Waals surface area contributed by atoms with Gasteiger partial charge >= 0.3 is 5.69 Å². The van der Waals surface area contributed by atoms with Crippen LogP contribution in [0.15, 0.2) is 24.3 Å². The van der Waals surface area contributed by atoms with Gasteiger partial charge in [0.2, 0.25) is 5.82 Å². The number of nitrogens with zero attached hydrogens (tertiary/aromatic N) is 3. The molecule has 0 fully saturated rings. The van der Waals surface area contributed by atoms with Gasteiger partial charge in [-0.2, -0.15) is 9.49 Å². The highest BCUT2D eigenvalue weighted by molar-refractivity contribution is 5.63. The number of aromatic nitrogens is 2. The Balaban J connectivity index is 2.47. The molecule has 0 bridgehead atoms. The highest BCUT2D eigenvalue weighted by Crippen LogP contribution is 2.25. The lowest BCUT2D eigenvalue weighted by Gasteiger charge is -1.97. The smallest absolute Gasteiger partial charge is 0.304 e. The van der Waals surface area contributed by atoms with Crippen molar-refractivity contribution in [1.29, 1.82) is 0 Å². The molecule has 2 rings (SSSR count). The number of halogens is 1. The normalized spacial score (nSPS) is 10.5. The molecule has 6 nitrogen and oxygen atoms in total. The van der Waals surface area contributed by atoms with Gasteiger partial charge in [0.1, 0.15) is 5.82 Å². The van der Waals surface area contributed by atoms with Gasteiger partial charge in [-0.15, -0.1) is 0 Å². The van der Waals surface area contributed by atoms with E-state index in [0.29, 0.717) is 17.1 Å². The van der Waals surface area contributed by atoms with E-state index in [9.17, 15) is 14.5 Å². The molecule has 0 unspecified atom stereocenters. The first-order valence-corrected chi connectivity index (χ1v) is 4.73.